The fourth-order valence-corrected chi connectivity index (χ4v) is 3.17. The van der Waals surface area contributed by atoms with E-state index in [4.69, 9.17) is 4.74 Å². The minimum atomic E-state index is -0.0453. The fraction of sp³-hybridized carbons (Fsp3) is 0.471. The molecule has 0 radical (unpaired) electrons. The molecule has 0 aliphatic rings. The second kappa shape index (κ2) is 8.84. The van der Waals surface area contributed by atoms with E-state index < -0.39 is 0 Å². The zero-order valence-corrected chi connectivity index (χ0v) is 15.4. The Morgan fingerprint density at radius 3 is 2.79 bits per heavy atom. The second-order valence-electron chi connectivity index (χ2n) is 5.68. The number of thioether (sulfide) groups is 1. The van der Waals surface area contributed by atoms with Crippen LogP contribution in [-0.4, -0.2) is 40.1 Å². The van der Waals surface area contributed by atoms with Crippen molar-refractivity contribution in [2.75, 3.05) is 24.8 Å². The maximum Gasteiger partial charge on any atom is 0.234 e. The number of carbonyl (C=O) groups is 1. The van der Waals surface area contributed by atoms with Gasteiger partial charge in [0, 0.05) is 25.9 Å². The van der Waals surface area contributed by atoms with Crippen LogP contribution in [-0.2, 0) is 16.1 Å². The Bertz CT molecular complexity index is 700. The molecule has 1 aromatic carbocycles. The lowest BCUT2D eigenvalue weighted by molar-refractivity contribution is -0.113. The Hall–Kier alpha value is -1.86. The molecule has 0 spiro atoms. The number of methoxy groups -OCH3 is 1. The lowest BCUT2D eigenvalue weighted by atomic mass is 10.1. The van der Waals surface area contributed by atoms with E-state index in [1.165, 1.54) is 17.3 Å². The van der Waals surface area contributed by atoms with Crippen LogP contribution in [0.5, 0.6) is 0 Å². The number of aromatic nitrogens is 3. The lowest BCUT2D eigenvalue weighted by Gasteiger charge is -2.10. The summed E-state index contributed by atoms with van der Waals surface area (Å²) in [4.78, 5) is 12.2. The van der Waals surface area contributed by atoms with Gasteiger partial charge in [-0.05, 0) is 38.8 Å². The summed E-state index contributed by atoms with van der Waals surface area (Å²) >= 11 is 1.40. The number of rotatable bonds is 8. The molecular formula is C17H24N4O2S. The van der Waals surface area contributed by atoms with Gasteiger partial charge >= 0.3 is 0 Å². The van der Waals surface area contributed by atoms with Crippen molar-refractivity contribution in [2.45, 2.75) is 38.9 Å². The molecule has 0 saturated heterocycles. The largest absolute Gasteiger partial charge is 0.385 e. The number of nitrogens with zero attached hydrogens (tertiary/aromatic N) is 3. The Morgan fingerprint density at radius 1 is 1.29 bits per heavy atom. The highest BCUT2D eigenvalue weighted by Crippen LogP contribution is 2.19. The molecule has 1 amide bonds. The van der Waals surface area contributed by atoms with Crippen molar-refractivity contribution in [3.63, 3.8) is 0 Å². The summed E-state index contributed by atoms with van der Waals surface area (Å²) in [6, 6.07) is 5.98. The van der Waals surface area contributed by atoms with Crippen molar-refractivity contribution in [2.24, 2.45) is 0 Å². The van der Waals surface area contributed by atoms with Crippen molar-refractivity contribution in [1.82, 2.24) is 14.8 Å². The quantitative estimate of drug-likeness (QED) is 0.587. The van der Waals surface area contributed by atoms with Gasteiger partial charge in [-0.3, -0.25) is 4.79 Å². The molecule has 1 aromatic heterocycles. The molecule has 2 aromatic rings. The molecular weight excluding hydrogens is 324 g/mol. The first-order valence-corrected chi connectivity index (χ1v) is 8.88. The Labute approximate surface area is 147 Å². The summed E-state index contributed by atoms with van der Waals surface area (Å²) < 4.78 is 7.10. The molecule has 0 atom stereocenters. The predicted octanol–water partition coefficient (Wildman–Crippen LogP) is 2.97. The monoisotopic (exact) mass is 348 g/mol. The van der Waals surface area contributed by atoms with Crippen LogP contribution < -0.4 is 5.32 Å². The van der Waals surface area contributed by atoms with E-state index in [2.05, 4.69) is 21.6 Å². The number of hydrogen-bond acceptors (Lipinski definition) is 5. The Balaban J connectivity index is 1.92. The summed E-state index contributed by atoms with van der Waals surface area (Å²) in [5, 5.41) is 12.0. The maximum atomic E-state index is 12.2. The number of aryl methyl sites for hydroxylation is 3. The number of ether oxygens (including phenoxy) is 1. The smallest absolute Gasteiger partial charge is 0.234 e. The summed E-state index contributed by atoms with van der Waals surface area (Å²) in [6.45, 7) is 7.42. The summed E-state index contributed by atoms with van der Waals surface area (Å²) in [7, 11) is 1.69. The lowest BCUT2D eigenvalue weighted by Crippen LogP contribution is -2.15. The highest BCUT2D eigenvalue weighted by atomic mass is 32.2. The molecule has 0 aliphatic heterocycles. The van der Waals surface area contributed by atoms with Gasteiger partial charge in [-0.2, -0.15) is 0 Å². The van der Waals surface area contributed by atoms with E-state index in [0.29, 0.717) is 12.4 Å². The van der Waals surface area contributed by atoms with E-state index in [0.717, 1.165) is 35.2 Å². The van der Waals surface area contributed by atoms with Crippen LogP contribution in [0.1, 0.15) is 23.4 Å². The molecule has 7 heteroatoms. The van der Waals surface area contributed by atoms with Crippen LogP contribution in [0, 0.1) is 20.8 Å². The molecule has 0 saturated carbocycles. The van der Waals surface area contributed by atoms with Crippen LogP contribution in [0.3, 0.4) is 0 Å². The zero-order chi connectivity index (χ0) is 17.5. The third-order valence-corrected chi connectivity index (χ3v) is 4.59. The van der Waals surface area contributed by atoms with Crippen LogP contribution in [0.4, 0.5) is 5.69 Å². The van der Waals surface area contributed by atoms with E-state index in [1.54, 1.807) is 7.11 Å². The van der Waals surface area contributed by atoms with Crippen molar-refractivity contribution in [3.8, 4) is 0 Å². The first-order valence-electron chi connectivity index (χ1n) is 7.90. The van der Waals surface area contributed by atoms with Crippen molar-refractivity contribution in [1.29, 1.82) is 0 Å². The van der Waals surface area contributed by atoms with Gasteiger partial charge in [-0.25, -0.2) is 0 Å². The zero-order valence-electron chi connectivity index (χ0n) is 14.6. The molecule has 0 aliphatic carbocycles. The highest BCUT2D eigenvalue weighted by molar-refractivity contribution is 7.99. The van der Waals surface area contributed by atoms with Crippen LogP contribution in [0.2, 0.25) is 0 Å². The standard InChI is InChI=1S/C17H24N4O2S/c1-12-6-7-15(13(2)10-12)18-16(22)11-24-17-20-19-14(3)21(17)8-5-9-23-4/h6-7,10H,5,8-9,11H2,1-4H3,(H,18,22). The van der Waals surface area contributed by atoms with E-state index >= 15 is 0 Å². The van der Waals surface area contributed by atoms with Crippen molar-refractivity contribution in [3.05, 3.63) is 35.2 Å². The number of nitrogens with one attached hydrogen (secondary N) is 1. The fourth-order valence-electron chi connectivity index (χ4n) is 2.36. The normalized spacial score (nSPS) is 10.8. The van der Waals surface area contributed by atoms with Gasteiger partial charge in [-0.1, -0.05) is 29.5 Å². The van der Waals surface area contributed by atoms with Gasteiger partial charge in [0.15, 0.2) is 5.16 Å². The van der Waals surface area contributed by atoms with Crippen LogP contribution >= 0.6 is 11.8 Å². The summed E-state index contributed by atoms with van der Waals surface area (Å²) in [5.74, 6) is 1.11. The molecule has 1 heterocycles. The highest BCUT2D eigenvalue weighted by Gasteiger charge is 2.12. The number of hydrogen-bond donors (Lipinski definition) is 1. The van der Waals surface area contributed by atoms with E-state index in [9.17, 15) is 4.79 Å². The SMILES string of the molecule is COCCCn1c(C)nnc1SCC(=O)Nc1ccc(C)cc1C. The molecule has 6 nitrogen and oxygen atoms in total. The van der Waals surface area contributed by atoms with Crippen molar-refractivity contribution < 1.29 is 9.53 Å². The minimum absolute atomic E-state index is 0.0453. The molecule has 130 valence electrons. The number of anilines is 1. The molecule has 0 bridgehead atoms. The van der Waals surface area contributed by atoms with Gasteiger partial charge in [0.2, 0.25) is 5.91 Å². The van der Waals surface area contributed by atoms with Gasteiger partial charge in [0.1, 0.15) is 5.82 Å². The van der Waals surface area contributed by atoms with Gasteiger partial charge in [0.25, 0.3) is 0 Å². The Morgan fingerprint density at radius 2 is 2.08 bits per heavy atom. The van der Waals surface area contributed by atoms with E-state index in [1.807, 2.05) is 37.5 Å². The third kappa shape index (κ3) is 5.07. The van der Waals surface area contributed by atoms with Crippen LogP contribution in [0.15, 0.2) is 23.4 Å². The van der Waals surface area contributed by atoms with E-state index in [-0.39, 0.29) is 5.91 Å². The topological polar surface area (TPSA) is 69.0 Å². The van der Waals surface area contributed by atoms with Gasteiger partial charge in [-0.15, -0.1) is 10.2 Å². The second-order valence-corrected chi connectivity index (χ2v) is 6.63. The molecule has 0 unspecified atom stereocenters. The first-order chi connectivity index (χ1) is 11.5. The number of carbonyl (C=O) groups excluding carboxylic acids is 1. The summed E-state index contributed by atoms with van der Waals surface area (Å²) in [5.41, 5.74) is 3.09. The molecule has 2 rings (SSSR count). The maximum absolute atomic E-state index is 12.2. The minimum Gasteiger partial charge on any atom is -0.385 e. The van der Waals surface area contributed by atoms with Gasteiger partial charge < -0.3 is 14.6 Å². The number of benzene rings is 1. The molecule has 0 fully saturated rings. The Kier molecular flexibility index (Phi) is 6.81. The van der Waals surface area contributed by atoms with Crippen LogP contribution in [0.25, 0.3) is 0 Å². The molecule has 1 N–H and O–H groups in total. The van der Waals surface area contributed by atoms with Gasteiger partial charge in [0.05, 0.1) is 5.75 Å². The third-order valence-electron chi connectivity index (χ3n) is 3.62. The molecule has 24 heavy (non-hydrogen) atoms. The number of amides is 1. The average Bonchev–Trinajstić information content (AvgIpc) is 2.89. The summed E-state index contributed by atoms with van der Waals surface area (Å²) in [6.07, 6.45) is 0.887. The average molecular weight is 348 g/mol. The predicted molar refractivity (Wildman–Crippen MR) is 96.5 cm³/mol. The van der Waals surface area contributed by atoms with Crippen molar-refractivity contribution >= 4 is 23.4 Å². The first kappa shape index (κ1) is 18.5.